The molecule has 0 heterocycles. The first-order valence-electron chi connectivity index (χ1n) is 8.50. The Balaban J connectivity index is 2.43. The van der Waals surface area contributed by atoms with Crippen LogP contribution in [-0.4, -0.2) is 26.8 Å². The van der Waals surface area contributed by atoms with E-state index in [1.807, 2.05) is 18.2 Å². The van der Waals surface area contributed by atoms with Crippen LogP contribution in [0.1, 0.15) is 51.5 Å². The number of aryl methyl sites for hydroxylation is 1. The smallest absolute Gasteiger partial charge is 0.306 e. The van der Waals surface area contributed by atoms with E-state index in [2.05, 4.69) is 13.8 Å². The fourth-order valence-electron chi connectivity index (χ4n) is 2.44. The Hall–Kier alpha value is -1.71. The van der Waals surface area contributed by atoms with Gasteiger partial charge in [0.15, 0.2) is 0 Å². The summed E-state index contributed by atoms with van der Waals surface area (Å²) in [6.07, 6.45) is 5.56. The lowest BCUT2D eigenvalue weighted by molar-refractivity contribution is -0.145. The predicted octanol–water partition coefficient (Wildman–Crippen LogP) is 4.40. The van der Waals surface area contributed by atoms with Crippen molar-refractivity contribution in [2.24, 2.45) is 5.92 Å². The van der Waals surface area contributed by atoms with Gasteiger partial charge in [-0.1, -0.05) is 33.1 Å². The first-order valence-corrected chi connectivity index (χ1v) is 8.50. The zero-order chi connectivity index (χ0) is 17.1. The molecule has 130 valence electrons. The highest BCUT2D eigenvalue weighted by Gasteiger charge is 2.11. The van der Waals surface area contributed by atoms with Crippen molar-refractivity contribution in [3.8, 4) is 11.5 Å². The molecule has 0 N–H and O–H groups in total. The van der Waals surface area contributed by atoms with Gasteiger partial charge in [-0.25, -0.2) is 0 Å². The molecule has 1 unspecified atom stereocenters. The van der Waals surface area contributed by atoms with Crippen LogP contribution in [0.4, 0.5) is 0 Å². The van der Waals surface area contributed by atoms with Gasteiger partial charge in [0, 0.05) is 12.5 Å². The molecule has 0 spiro atoms. The van der Waals surface area contributed by atoms with Crippen molar-refractivity contribution in [1.82, 2.24) is 0 Å². The van der Waals surface area contributed by atoms with Crippen molar-refractivity contribution >= 4 is 5.97 Å². The van der Waals surface area contributed by atoms with E-state index in [9.17, 15) is 4.79 Å². The molecule has 1 aromatic rings. The van der Waals surface area contributed by atoms with E-state index in [0.717, 1.165) is 29.9 Å². The van der Waals surface area contributed by atoms with E-state index < -0.39 is 0 Å². The molecule has 0 saturated heterocycles. The third kappa shape index (κ3) is 7.40. The summed E-state index contributed by atoms with van der Waals surface area (Å²) in [7, 11) is 3.24. The monoisotopic (exact) mass is 322 g/mol. The van der Waals surface area contributed by atoms with Gasteiger partial charge in [-0.3, -0.25) is 4.79 Å². The Kier molecular flexibility index (Phi) is 9.18. The van der Waals surface area contributed by atoms with E-state index in [1.54, 1.807) is 14.2 Å². The number of methoxy groups -OCH3 is 2. The number of rotatable bonds is 11. The zero-order valence-corrected chi connectivity index (χ0v) is 14.9. The van der Waals surface area contributed by atoms with Crippen LogP contribution < -0.4 is 9.47 Å². The number of unbranched alkanes of at least 4 members (excludes halogenated alkanes) is 1. The van der Waals surface area contributed by atoms with Crippen molar-refractivity contribution in [2.45, 2.75) is 52.4 Å². The molecule has 0 aromatic heterocycles. The SMILES string of the molecule is CCCCC(CC)COC(=O)CCc1cc(OC)cc(OC)c1. The van der Waals surface area contributed by atoms with E-state index in [0.29, 0.717) is 25.4 Å². The maximum atomic E-state index is 11.9. The Labute approximate surface area is 140 Å². The van der Waals surface area contributed by atoms with Crippen molar-refractivity contribution < 1.29 is 19.0 Å². The largest absolute Gasteiger partial charge is 0.497 e. The van der Waals surface area contributed by atoms with Crippen LogP contribution in [0, 0.1) is 5.92 Å². The second kappa shape index (κ2) is 10.9. The summed E-state index contributed by atoms with van der Waals surface area (Å²) >= 11 is 0. The fraction of sp³-hybridized carbons (Fsp3) is 0.632. The van der Waals surface area contributed by atoms with Crippen LogP contribution in [0.2, 0.25) is 0 Å². The summed E-state index contributed by atoms with van der Waals surface area (Å²) in [6.45, 7) is 4.87. The van der Waals surface area contributed by atoms with Gasteiger partial charge in [0.25, 0.3) is 0 Å². The molecular formula is C19H30O4. The van der Waals surface area contributed by atoms with Crippen LogP contribution >= 0.6 is 0 Å². The highest BCUT2D eigenvalue weighted by Crippen LogP contribution is 2.23. The maximum Gasteiger partial charge on any atom is 0.306 e. The summed E-state index contributed by atoms with van der Waals surface area (Å²) < 4.78 is 15.9. The van der Waals surface area contributed by atoms with Crippen LogP contribution in [-0.2, 0) is 16.0 Å². The molecule has 0 aliphatic heterocycles. The average molecular weight is 322 g/mol. The molecule has 0 fully saturated rings. The summed E-state index contributed by atoms with van der Waals surface area (Å²) in [6, 6.07) is 5.67. The molecule has 1 atom stereocenters. The highest BCUT2D eigenvalue weighted by molar-refractivity contribution is 5.69. The number of hydrogen-bond acceptors (Lipinski definition) is 4. The Morgan fingerprint density at radius 1 is 1.09 bits per heavy atom. The number of carbonyl (C=O) groups is 1. The van der Waals surface area contributed by atoms with Crippen molar-refractivity contribution in [3.05, 3.63) is 23.8 Å². The van der Waals surface area contributed by atoms with E-state index in [-0.39, 0.29) is 5.97 Å². The lowest BCUT2D eigenvalue weighted by Gasteiger charge is -2.14. The molecule has 0 amide bonds. The summed E-state index contributed by atoms with van der Waals surface area (Å²) in [5.41, 5.74) is 1.01. The van der Waals surface area contributed by atoms with E-state index in [4.69, 9.17) is 14.2 Å². The number of carbonyl (C=O) groups excluding carboxylic acids is 1. The normalized spacial score (nSPS) is 11.8. The molecule has 0 bridgehead atoms. The Morgan fingerprint density at radius 3 is 2.26 bits per heavy atom. The Bertz CT molecular complexity index is 448. The van der Waals surface area contributed by atoms with Crippen LogP contribution in [0.25, 0.3) is 0 Å². The summed E-state index contributed by atoms with van der Waals surface area (Å²) in [5.74, 6) is 1.81. The van der Waals surface area contributed by atoms with Gasteiger partial charge in [0.2, 0.25) is 0 Å². The number of esters is 1. The average Bonchev–Trinajstić information content (AvgIpc) is 2.59. The van der Waals surface area contributed by atoms with Crippen molar-refractivity contribution in [2.75, 3.05) is 20.8 Å². The molecule has 0 saturated carbocycles. The molecule has 1 rings (SSSR count). The second-order valence-corrected chi connectivity index (χ2v) is 5.82. The molecule has 0 aliphatic rings. The minimum Gasteiger partial charge on any atom is -0.497 e. The van der Waals surface area contributed by atoms with Crippen molar-refractivity contribution in [1.29, 1.82) is 0 Å². The fourth-order valence-corrected chi connectivity index (χ4v) is 2.44. The predicted molar refractivity (Wildman–Crippen MR) is 92.1 cm³/mol. The van der Waals surface area contributed by atoms with Gasteiger partial charge in [0.1, 0.15) is 11.5 Å². The quantitative estimate of drug-likeness (QED) is 0.567. The topological polar surface area (TPSA) is 44.8 Å². The van der Waals surface area contributed by atoms with E-state index in [1.165, 1.54) is 12.8 Å². The second-order valence-electron chi connectivity index (χ2n) is 5.82. The number of hydrogen-bond donors (Lipinski definition) is 0. The van der Waals surface area contributed by atoms with Crippen LogP contribution in [0.5, 0.6) is 11.5 Å². The lowest BCUT2D eigenvalue weighted by Crippen LogP contribution is -2.14. The third-order valence-electron chi connectivity index (χ3n) is 4.05. The highest BCUT2D eigenvalue weighted by atomic mass is 16.5. The van der Waals surface area contributed by atoms with Crippen molar-refractivity contribution in [3.63, 3.8) is 0 Å². The van der Waals surface area contributed by atoms with Gasteiger partial charge in [-0.2, -0.15) is 0 Å². The van der Waals surface area contributed by atoms with E-state index >= 15 is 0 Å². The van der Waals surface area contributed by atoms with Crippen LogP contribution in [0.15, 0.2) is 18.2 Å². The van der Waals surface area contributed by atoms with Gasteiger partial charge >= 0.3 is 5.97 Å². The maximum absolute atomic E-state index is 11.9. The molecule has 4 nitrogen and oxygen atoms in total. The Morgan fingerprint density at radius 2 is 1.74 bits per heavy atom. The van der Waals surface area contributed by atoms with Gasteiger partial charge in [-0.15, -0.1) is 0 Å². The molecule has 0 radical (unpaired) electrons. The minimum atomic E-state index is -0.137. The minimum absolute atomic E-state index is 0.137. The first kappa shape index (κ1) is 19.3. The molecule has 23 heavy (non-hydrogen) atoms. The molecule has 0 aliphatic carbocycles. The third-order valence-corrected chi connectivity index (χ3v) is 4.05. The summed E-state index contributed by atoms with van der Waals surface area (Å²) in [5, 5.41) is 0. The van der Waals surface area contributed by atoms with Gasteiger partial charge in [0.05, 0.1) is 20.8 Å². The number of benzene rings is 1. The van der Waals surface area contributed by atoms with Gasteiger partial charge < -0.3 is 14.2 Å². The zero-order valence-electron chi connectivity index (χ0n) is 14.9. The number of ether oxygens (including phenoxy) is 3. The lowest BCUT2D eigenvalue weighted by atomic mass is 10.0. The standard InChI is InChI=1S/C19H30O4/c1-5-7-8-15(6-2)14-23-19(20)10-9-16-11-17(21-3)13-18(12-16)22-4/h11-13,15H,5-10,14H2,1-4H3. The van der Waals surface area contributed by atoms with Gasteiger partial charge in [-0.05, 0) is 36.5 Å². The molecular weight excluding hydrogens is 292 g/mol. The van der Waals surface area contributed by atoms with Crippen LogP contribution in [0.3, 0.4) is 0 Å². The first-order chi connectivity index (χ1) is 11.1. The summed E-state index contributed by atoms with van der Waals surface area (Å²) in [4.78, 5) is 11.9. The molecule has 4 heteroatoms. The molecule has 1 aromatic carbocycles.